The molecule has 0 aromatic carbocycles. The van der Waals surface area contributed by atoms with Crippen LogP contribution in [0.15, 0.2) is 0 Å². The van der Waals surface area contributed by atoms with Crippen LogP contribution >= 0.6 is 0 Å². The third-order valence-corrected chi connectivity index (χ3v) is 3.11. The first-order valence-corrected chi connectivity index (χ1v) is 5.16. The van der Waals surface area contributed by atoms with Gasteiger partial charge in [-0.2, -0.15) is 13.2 Å². The van der Waals surface area contributed by atoms with E-state index in [1.807, 2.05) is 0 Å². The number of rotatable bonds is 0. The summed E-state index contributed by atoms with van der Waals surface area (Å²) in [6.45, 7) is 0. The zero-order chi connectivity index (χ0) is 11.5. The molecule has 5 heteroatoms. The van der Waals surface area contributed by atoms with Gasteiger partial charge in [-0.15, -0.1) is 0 Å². The fraction of sp³-hybridized carbons (Fsp3) is 0.900. The van der Waals surface area contributed by atoms with Crippen molar-refractivity contribution in [3.63, 3.8) is 0 Å². The first kappa shape index (κ1) is 12.3. The summed E-state index contributed by atoms with van der Waals surface area (Å²) >= 11 is 0. The number of alkyl halides is 3. The van der Waals surface area contributed by atoms with Crippen LogP contribution in [0.4, 0.5) is 13.2 Å². The number of hydrogen-bond acceptors (Lipinski definition) is 1. The molecule has 2 fully saturated rings. The lowest BCUT2D eigenvalue weighted by Crippen LogP contribution is -2.21. The smallest absolute Gasteiger partial charge is 0.475 e. The van der Waals surface area contributed by atoms with Gasteiger partial charge in [0.2, 0.25) is 0 Å². The monoisotopic (exact) mass is 224 g/mol. The van der Waals surface area contributed by atoms with Gasteiger partial charge in [0.05, 0.1) is 0 Å². The molecule has 2 aliphatic rings. The Morgan fingerprint density at radius 3 is 1.60 bits per heavy atom. The van der Waals surface area contributed by atoms with Gasteiger partial charge in [0.15, 0.2) is 0 Å². The van der Waals surface area contributed by atoms with Gasteiger partial charge in [-0.3, -0.25) is 0 Å². The Labute approximate surface area is 86.5 Å². The molecule has 0 aromatic heterocycles. The van der Waals surface area contributed by atoms with E-state index in [2.05, 4.69) is 0 Å². The summed E-state index contributed by atoms with van der Waals surface area (Å²) in [7, 11) is 0. The van der Waals surface area contributed by atoms with Gasteiger partial charge in [0, 0.05) is 0 Å². The van der Waals surface area contributed by atoms with Crippen LogP contribution in [0, 0.1) is 5.41 Å². The lowest BCUT2D eigenvalue weighted by molar-refractivity contribution is -0.192. The predicted octanol–water partition coefficient (Wildman–Crippen LogP) is 3.36. The quantitative estimate of drug-likeness (QED) is 0.685. The minimum atomic E-state index is -5.08. The van der Waals surface area contributed by atoms with E-state index in [4.69, 9.17) is 9.90 Å². The fourth-order valence-electron chi connectivity index (χ4n) is 1.98. The maximum atomic E-state index is 10.6. The molecule has 0 heterocycles. The molecule has 15 heavy (non-hydrogen) atoms. The molecule has 1 spiro atoms. The second-order valence-corrected chi connectivity index (χ2v) is 4.36. The number of halogens is 3. The molecule has 0 unspecified atom stereocenters. The first-order chi connectivity index (χ1) is 6.86. The third kappa shape index (κ3) is 4.10. The molecule has 0 amide bonds. The Hall–Kier alpha value is -0.740. The van der Waals surface area contributed by atoms with Crippen molar-refractivity contribution in [1.29, 1.82) is 0 Å². The predicted molar refractivity (Wildman–Crippen MR) is 48.4 cm³/mol. The van der Waals surface area contributed by atoms with Gasteiger partial charge in [0.25, 0.3) is 0 Å². The minimum absolute atomic E-state index is 0.929. The maximum absolute atomic E-state index is 10.6. The van der Waals surface area contributed by atoms with E-state index in [1.54, 1.807) is 25.7 Å². The summed E-state index contributed by atoms with van der Waals surface area (Å²) in [6.07, 6.45) is 5.74. The average molecular weight is 224 g/mol. The molecule has 0 aliphatic heterocycles. The van der Waals surface area contributed by atoms with E-state index < -0.39 is 12.1 Å². The molecular formula is C10H15F3O2. The Balaban J connectivity index is 0.000000153. The lowest BCUT2D eigenvalue weighted by atomic mass is 9.87. The van der Waals surface area contributed by atoms with Crippen molar-refractivity contribution >= 4 is 5.97 Å². The summed E-state index contributed by atoms with van der Waals surface area (Å²) in [5.74, 6) is -2.76. The van der Waals surface area contributed by atoms with Crippen molar-refractivity contribution in [1.82, 2.24) is 0 Å². The summed E-state index contributed by atoms with van der Waals surface area (Å²) in [5, 5.41) is 7.12. The highest BCUT2D eigenvalue weighted by Gasteiger charge is 2.42. The van der Waals surface area contributed by atoms with Gasteiger partial charge in [0.1, 0.15) is 0 Å². The number of carboxylic acid groups (broad SMARTS) is 1. The minimum Gasteiger partial charge on any atom is -0.475 e. The average Bonchev–Trinajstić information content (AvgIpc) is 2.86. The normalized spacial score (nSPS) is 22.9. The van der Waals surface area contributed by atoms with Gasteiger partial charge in [-0.25, -0.2) is 4.79 Å². The number of hydrogen-bond donors (Lipinski definition) is 1. The van der Waals surface area contributed by atoms with Crippen LogP contribution < -0.4 is 0 Å². The highest BCUT2D eigenvalue weighted by atomic mass is 19.4. The lowest BCUT2D eigenvalue weighted by Gasteiger charge is -2.19. The van der Waals surface area contributed by atoms with Gasteiger partial charge >= 0.3 is 12.1 Å². The van der Waals surface area contributed by atoms with Crippen molar-refractivity contribution in [2.45, 2.75) is 51.1 Å². The standard InChI is InChI=1S/C8H14.C2HF3O2/c1-2-4-8(5-3-1)6-7-8;3-2(4,5)1(6)7/h1-7H2;(H,6,7). The molecule has 2 aliphatic carbocycles. The van der Waals surface area contributed by atoms with Crippen LogP contribution in [0.2, 0.25) is 0 Å². The second kappa shape index (κ2) is 4.41. The highest BCUT2D eigenvalue weighted by molar-refractivity contribution is 5.73. The second-order valence-electron chi connectivity index (χ2n) is 4.36. The van der Waals surface area contributed by atoms with Crippen molar-refractivity contribution < 1.29 is 23.1 Å². The van der Waals surface area contributed by atoms with Crippen LogP contribution in [-0.4, -0.2) is 17.3 Å². The summed E-state index contributed by atoms with van der Waals surface area (Å²) in [6, 6.07) is 0. The van der Waals surface area contributed by atoms with Gasteiger partial charge in [-0.1, -0.05) is 19.3 Å². The molecular weight excluding hydrogens is 209 g/mol. The maximum Gasteiger partial charge on any atom is 0.490 e. The number of carbonyl (C=O) groups is 1. The van der Waals surface area contributed by atoms with Crippen LogP contribution in [0.1, 0.15) is 44.9 Å². The summed E-state index contributed by atoms with van der Waals surface area (Å²) in [4.78, 5) is 8.90. The number of carboxylic acids is 1. The van der Waals surface area contributed by atoms with Crippen molar-refractivity contribution in [2.75, 3.05) is 0 Å². The Morgan fingerprint density at radius 2 is 1.40 bits per heavy atom. The van der Waals surface area contributed by atoms with Gasteiger partial charge < -0.3 is 5.11 Å². The van der Waals surface area contributed by atoms with E-state index in [-0.39, 0.29) is 0 Å². The molecule has 0 saturated heterocycles. The molecule has 0 aromatic rings. The van der Waals surface area contributed by atoms with E-state index in [0.717, 1.165) is 5.41 Å². The Bertz CT molecular complexity index is 223. The molecule has 2 saturated carbocycles. The van der Waals surface area contributed by atoms with Crippen molar-refractivity contribution in [3.05, 3.63) is 0 Å². The van der Waals surface area contributed by atoms with Crippen LogP contribution in [0.5, 0.6) is 0 Å². The largest absolute Gasteiger partial charge is 0.490 e. The van der Waals surface area contributed by atoms with Gasteiger partial charge in [-0.05, 0) is 31.1 Å². The summed E-state index contributed by atoms with van der Waals surface area (Å²) in [5.41, 5.74) is 0.929. The molecule has 1 N–H and O–H groups in total. The van der Waals surface area contributed by atoms with E-state index in [1.165, 1.54) is 19.3 Å². The van der Waals surface area contributed by atoms with Crippen LogP contribution in [0.3, 0.4) is 0 Å². The highest BCUT2D eigenvalue weighted by Crippen LogP contribution is 2.55. The topological polar surface area (TPSA) is 37.3 Å². The van der Waals surface area contributed by atoms with E-state index >= 15 is 0 Å². The Morgan fingerprint density at radius 1 is 1.00 bits per heavy atom. The molecule has 2 rings (SSSR count). The van der Waals surface area contributed by atoms with E-state index in [9.17, 15) is 13.2 Å². The van der Waals surface area contributed by atoms with E-state index in [0.29, 0.717) is 0 Å². The Kier molecular flexibility index (Phi) is 3.62. The first-order valence-electron chi connectivity index (χ1n) is 5.16. The molecule has 88 valence electrons. The SMILES string of the molecule is C1CCC2(CC1)CC2.O=C(O)C(F)(F)F. The van der Waals surface area contributed by atoms with Crippen molar-refractivity contribution in [3.8, 4) is 0 Å². The third-order valence-electron chi connectivity index (χ3n) is 3.11. The zero-order valence-corrected chi connectivity index (χ0v) is 8.44. The van der Waals surface area contributed by atoms with Crippen LogP contribution in [-0.2, 0) is 4.79 Å². The number of aliphatic carboxylic acids is 1. The molecule has 2 nitrogen and oxygen atoms in total. The van der Waals surface area contributed by atoms with Crippen molar-refractivity contribution in [2.24, 2.45) is 5.41 Å². The van der Waals surface area contributed by atoms with Crippen LogP contribution in [0.25, 0.3) is 0 Å². The zero-order valence-electron chi connectivity index (χ0n) is 8.44. The summed E-state index contributed by atoms with van der Waals surface area (Å²) < 4.78 is 31.7. The molecule has 0 atom stereocenters. The fourth-order valence-corrected chi connectivity index (χ4v) is 1.98. The molecule has 0 bridgehead atoms. The molecule has 0 radical (unpaired) electrons.